The number of hydrogen-bond donors (Lipinski definition) is 2. The molecule has 2 aromatic rings. The zero-order valence-corrected chi connectivity index (χ0v) is 11.3. The van der Waals surface area contributed by atoms with Crippen molar-refractivity contribution in [1.82, 2.24) is 10.5 Å². The number of aliphatic hydroxyl groups is 1. The van der Waals surface area contributed by atoms with Crippen molar-refractivity contribution < 1.29 is 9.63 Å². The maximum absolute atomic E-state index is 10.1. The molecular formula is C15H20N2O2. The van der Waals surface area contributed by atoms with Gasteiger partial charge in [-0.1, -0.05) is 43.3 Å². The van der Waals surface area contributed by atoms with Gasteiger partial charge in [-0.15, -0.1) is 0 Å². The molecule has 0 bridgehead atoms. The molecule has 2 rings (SSSR count). The fraction of sp³-hybridized carbons (Fsp3) is 0.400. The van der Waals surface area contributed by atoms with E-state index in [1.165, 1.54) is 5.56 Å². The average Bonchev–Trinajstić information content (AvgIpc) is 2.92. The normalized spacial score (nSPS) is 12.8. The Morgan fingerprint density at radius 3 is 2.42 bits per heavy atom. The summed E-state index contributed by atoms with van der Waals surface area (Å²) in [5.41, 5.74) is 2.21. The molecule has 0 aliphatic rings. The van der Waals surface area contributed by atoms with E-state index < -0.39 is 6.10 Å². The van der Waals surface area contributed by atoms with Crippen LogP contribution in [0.4, 0.5) is 0 Å². The van der Waals surface area contributed by atoms with Gasteiger partial charge in [-0.2, -0.15) is 0 Å². The van der Waals surface area contributed by atoms with Gasteiger partial charge in [0, 0.05) is 12.6 Å². The van der Waals surface area contributed by atoms with Gasteiger partial charge in [-0.3, -0.25) is 0 Å². The molecule has 0 amide bonds. The minimum Gasteiger partial charge on any atom is -0.387 e. The van der Waals surface area contributed by atoms with Crippen LogP contribution in [0.5, 0.6) is 0 Å². The summed E-state index contributed by atoms with van der Waals surface area (Å²) in [4.78, 5) is 0. The Morgan fingerprint density at radius 1 is 1.16 bits per heavy atom. The molecule has 4 nitrogen and oxygen atoms in total. The van der Waals surface area contributed by atoms with Gasteiger partial charge in [-0.05, 0) is 17.0 Å². The lowest BCUT2D eigenvalue weighted by Crippen LogP contribution is -2.20. The van der Waals surface area contributed by atoms with Crippen LogP contribution in [0.15, 0.2) is 41.1 Å². The molecule has 0 saturated carbocycles. The van der Waals surface area contributed by atoms with Crippen LogP contribution in [-0.4, -0.2) is 16.8 Å². The van der Waals surface area contributed by atoms with Gasteiger partial charge in [0.1, 0.15) is 5.76 Å². The first-order valence-corrected chi connectivity index (χ1v) is 6.55. The van der Waals surface area contributed by atoms with Crippen molar-refractivity contribution in [2.24, 2.45) is 0 Å². The minimum atomic E-state index is -0.510. The van der Waals surface area contributed by atoms with Crippen LogP contribution in [-0.2, 0) is 6.54 Å². The zero-order chi connectivity index (χ0) is 13.7. The highest BCUT2D eigenvalue weighted by molar-refractivity contribution is 5.26. The van der Waals surface area contributed by atoms with Gasteiger partial charge >= 0.3 is 0 Å². The summed E-state index contributed by atoms with van der Waals surface area (Å²) >= 11 is 0. The lowest BCUT2D eigenvalue weighted by Gasteiger charge is -2.13. The summed E-state index contributed by atoms with van der Waals surface area (Å²) in [6.45, 7) is 5.37. The van der Waals surface area contributed by atoms with E-state index in [-0.39, 0.29) is 0 Å². The number of hydrogen-bond acceptors (Lipinski definition) is 4. The van der Waals surface area contributed by atoms with Gasteiger partial charge in [-0.25, -0.2) is 0 Å². The molecule has 1 heterocycles. The fourth-order valence-corrected chi connectivity index (χ4v) is 1.89. The Morgan fingerprint density at radius 2 is 1.84 bits per heavy atom. The van der Waals surface area contributed by atoms with Crippen LogP contribution >= 0.6 is 0 Å². The van der Waals surface area contributed by atoms with E-state index >= 15 is 0 Å². The van der Waals surface area contributed by atoms with Gasteiger partial charge in [0.05, 0.1) is 18.8 Å². The molecule has 1 aromatic carbocycles. The second-order valence-corrected chi connectivity index (χ2v) is 4.95. The molecule has 0 aliphatic heterocycles. The summed E-state index contributed by atoms with van der Waals surface area (Å²) < 4.78 is 4.97. The van der Waals surface area contributed by atoms with Crippen LogP contribution < -0.4 is 5.32 Å². The molecule has 1 unspecified atom stereocenters. The highest BCUT2D eigenvalue weighted by atomic mass is 16.5. The molecular weight excluding hydrogens is 240 g/mol. The number of benzene rings is 1. The maximum Gasteiger partial charge on any atom is 0.150 e. The zero-order valence-electron chi connectivity index (χ0n) is 11.3. The summed E-state index contributed by atoms with van der Waals surface area (Å²) in [6.07, 6.45) is 1.10. The van der Waals surface area contributed by atoms with Crippen molar-refractivity contribution in [1.29, 1.82) is 0 Å². The molecule has 1 atom stereocenters. The Balaban J connectivity index is 1.83. The predicted octanol–water partition coefficient (Wildman–Crippen LogP) is 2.62. The SMILES string of the molecule is CC(C)c1ccc(C(O)CNCc2ccno2)cc1. The van der Waals surface area contributed by atoms with Crippen molar-refractivity contribution in [3.63, 3.8) is 0 Å². The van der Waals surface area contributed by atoms with Crippen molar-refractivity contribution >= 4 is 0 Å². The van der Waals surface area contributed by atoms with Crippen molar-refractivity contribution in [3.8, 4) is 0 Å². The molecule has 1 aromatic heterocycles. The fourth-order valence-electron chi connectivity index (χ4n) is 1.89. The topological polar surface area (TPSA) is 58.3 Å². The number of rotatable bonds is 6. The van der Waals surface area contributed by atoms with E-state index in [2.05, 4.69) is 36.5 Å². The smallest absolute Gasteiger partial charge is 0.150 e. The second-order valence-electron chi connectivity index (χ2n) is 4.95. The number of aromatic nitrogens is 1. The second kappa shape index (κ2) is 6.50. The third kappa shape index (κ3) is 3.91. The standard InChI is InChI=1S/C15H20N2O2/c1-11(2)12-3-5-13(6-4-12)15(18)10-16-9-14-7-8-17-19-14/h3-8,11,15-16,18H,9-10H2,1-2H3. The van der Waals surface area contributed by atoms with Crippen molar-refractivity contribution in [2.45, 2.75) is 32.4 Å². The van der Waals surface area contributed by atoms with E-state index in [9.17, 15) is 5.11 Å². The van der Waals surface area contributed by atoms with Gasteiger partial charge in [0.2, 0.25) is 0 Å². The van der Waals surface area contributed by atoms with Crippen LogP contribution in [0.25, 0.3) is 0 Å². The van der Waals surface area contributed by atoms with Gasteiger partial charge < -0.3 is 14.9 Å². The highest BCUT2D eigenvalue weighted by Gasteiger charge is 2.08. The molecule has 0 fully saturated rings. The van der Waals surface area contributed by atoms with E-state index in [1.54, 1.807) is 12.3 Å². The van der Waals surface area contributed by atoms with Crippen LogP contribution in [0.2, 0.25) is 0 Å². The number of nitrogens with one attached hydrogen (secondary N) is 1. The highest BCUT2D eigenvalue weighted by Crippen LogP contribution is 2.18. The van der Waals surface area contributed by atoms with Crippen LogP contribution in [0.3, 0.4) is 0 Å². The molecule has 4 heteroatoms. The lowest BCUT2D eigenvalue weighted by molar-refractivity contribution is 0.173. The molecule has 0 saturated heterocycles. The first kappa shape index (κ1) is 13.8. The molecule has 0 spiro atoms. The first-order valence-electron chi connectivity index (χ1n) is 6.55. The molecule has 102 valence electrons. The van der Waals surface area contributed by atoms with E-state index in [0.717, 1.165) is 11.3 Å². The summed E-state index contributed by atoms with van der Waals surface area (Å²) in [6, 6.07) is 9.91. The quantitative estimate of drug-likeness (QED) is 0.838. The van der Waals surface area contributed by atoms with E-state index in [1.807, 2.05) is 12.1 Å². The van der Waals surface area contributed by atoms with Gasteiger partial charge in [0.25, 0.3) is 0 Å². The summed E-state index contributed by atoms with van der Waals surface area (Å²) in [5, 5.41) is 16.8. The lowest BCUT2D eigenvalue weighted by atomic mass is 10.00. The largest absolute Gasteiger partial charge is 0.387 e. The Kier molecular flexibility index (Phi) is 4.71. The predicted molar refractivity (Wildman–Crippen MR) is 73.7 cm³/mol. The average molecular weight is 260 g/mol. The van der Waals surface area contributed by atoms with E-state index in [4.69, 9.17) is 4.52 Å². The number of nitrogens with zero attached hydrogens (tertiary/aromatic N) is 1. The Labute approximate surface area is 113 Å². The van der Waals surface area contributed by atoms with Crippen molar-refractivity contribution in [2.75, 3.05) is 6.54 Å². The molecule has 19 heavy (non-hydrogen) atoms. The first-order chi connectivity index (χ1) is 9.16. The van der Waals surface area contributed by atoms with Crippen molar-refractivity contribution in [3.05, 3.63) is 53.4 Å². The number of aliphatic hydroxyl groups excluding tert-OH is 1. The third-order valence-electron chi connectivity index (χ3n) is 3.12. The Hall–Kier alpha value is -1.65. The van der Waals surface area contributed by atoms with Gasteiger partial charge in [0.15, 0.2) is 0 Å². The molecule has 0 aliphatic carbocycles. The van der Waals surface area contributed by atoms with Crippen LogP contribution in [0.1, 0.15) is 42.8 Å². The maximum atomic E-state index is 10.1. The summed E-state index contributed by atoms with van der Waals surface area (Å²) in [5.74, 6) is 1.28. The Bertz CT molecular complexity index is 477. The monoisotopic (exact) mass is 260 g/mol. The molecule has 0 radical (unpaired) electrons. The summed E-state index contributed by atoms with van der Waals surface area (Å²) in [7, 11) is 0. The van der Waals surface area contributed by atoms with Crippen LogP contribution in [0, 0.1) is 0 Å². The third-order valence-corrected chi connectivity index (χ3v) is 3.12. The minimum absolute atomic E-state index is 0.488. The van der Waals surface area contributed by atoms with E-state index in [0.29, 0.717) is 19.0 Å². The molecule has 2 N–H and O–H groups in total.